The maximum atomic E-state index is 11.6. The lowest BCUT2D eigenvalue weighted by molar-refractivity contribution is 0.0997. The molecular formula is C16H19N3O2. The number of carbonyl (C=O) groups excluding carboxylic acids is 1. The normalized spacial score (nSPS) is 10.4. The average molecular weight is 285 g/mol. The minimum atomic E-state index is -0.547. The second kappa shape index (κ2) is 6.37. The standard InChI is InChI=1S/C16H19N3O2/c1-10-9-14(15(16(18)20)11(2)19-10)21-13-5-3-12(4-6-13)7-8-17/h3-6,9H,7-8,17H2,1-2H3,(H2,18,20). The van der Waals surface area contributed by atoms with Gasteiger partial charge in [0, 0.05) is 11.8 Å². The van der Waals surface area contributed by atoms with Crippen LogP contribution in [0.2, 0.25) is 0 Å². The molecule has 0 radical (unpaired) electrons. The summed E-state index contributed by atoms with van der Waals surface area (Å²) in [4.78, 5) is 15.8. The highest BCUT2D eigenvalue weighted by Gasteiger charge is 2.15. The van der Waals surface area contributed by atoms with Crippen LogP contribution in [0.3, 0.4) is 0 Å². The number of nitrogens with zero attached hydrogens (tertiary/aromatic N) is 1. The third kappa shape index (κ3) is 3.58. The zero-order chi connectivity index (χ0) is 15.4. The highest BCUT2D eigenvalue weighted by molar-refractivity contribution is 5.96. The topological polar surface area (TPSA) is 91.2 Å². The van der Waals surface area contributed by atoms with E-state index >= 15 is 0 Å². The van der Waals surface area contributed by atoms with Crippen molar-refractivity contribution in [1.29, 1.82) is 0 Å². The van der Waals surface area contributed by atoms with Crippen molar-refractivity contribution in [3.8, 4) is 11.5 Å². The molecule has 21 heavy (non-hydrogen) atoms. The highest BCUT2D eigenvalue weighted by atomic mass is 16.5. The monoisotopic (exact) mass is 285 g/mol. The molecular weight excluding hydrogens is 266 g/mol. The minimum absolute atomic E-state index is 0.312. The van der Waals surface area contributed by atoms with Crippen molar-refractivity contribution in [2.75, 3.05) is 6.54 Å². The number of amides is 1. The van der Waals surface area contributed by atoms with Crippen molar-refractivity contribution < 1.29 is 9.53 Å². The lowest BCUT2D eigenvalue weighted by atomic mass is 10.1. The molecule has 5 heteroatoms. The first-order valence-electron chi connectivity index (χ1n) is 6.76. The molecule has 2 aromatic rings. The third-order valence-corrected chi connectivity index (χ3v) is 3.12. The van der Waals surface area contributed by atoms with Gasteiger partial charge in [0.2, 0.25) is 0 Å². The van der Waals surface area contributed by atoms with Crippen molar-refractivity contribution in [2.24, 2.45) is 11.5 Å². The summed E-state index contributed by atoms with van der Waals surface area (Å²) in [5.41, 5.74) is 13.7. The lowest BCUT2D eigenvalue weighted by Crippen LogP contribution is -2.15. The number of carbonyl (C=O) groups is 1. The molecule has 5 nitrogen and oxygen atoms in total. The molecule has 0 bridgehead atoms. The second-order valence-electron chi connectivity index (χ2n) is 4.87. The van der Waals surface area contributed by atoms with E-state index in [0.29, 0.717) is 29.3 Å². The summed E-state index contributed by atoms with van der Waals surface area (Å²) in [6.07, 6.45) is 0.820. The third-order valence-electron chi connectivity index (χ3n) is 3.12. The Hall–Kier alpha value is -2.40. The Labute approximate surface area is 123 Å². The predicted molar refractivity (Wildman–Crippen MR) is 81.5 cm³/mol. The molecule has 0 unspecified atom stereocenters. The van der Waals surface area contributed by atoms with E-state index in [4.69, 9.17) is 16.2 Å². The fraction of sp³-hybridized carbons (Fsp3) is 0.250. The summed E-state index contributed by atoms with van der Waals surface area (Å²) in [5, 5.41) is 0. The van der Waals surface area contributed by atoms with Gasteiger partial charge in [0.25, 0.3) is 5.91 Å². The van der Waals surface area contributed by atoms with Gasteiger partial charge in [-0.3, -0.25) is 9.78 Å². The van der Waals surface area contributed by atoms with E-state index in [1.165, 1.54) is 0 Å². The Bertz CT molecular complexity index is 651. The van der Waals surface area contributed by atoms with Crippen LogP contribution in [0.15, 0.2) is 30.3 Å². The molecule has 1 amide bonds. The molecule has 4 N–H and O–H groups in total. The van der Waals surface area contributed by atoms with Gasteiger partial charge in [-0.2, -0.15) is 0 Å². The van der Waals surface area contributed by atoms with E-state index < -0.39 is 5.91 Å². The Kier molecular flexibility index (Phi) is 4.55. The van der Waals surface area contributed by atoms with Gasteiger partial charge in [-0.05, 0) is 44.5 Å². The maximum absolute atomic E-state index is 11.6. The van der Waals surface area contributed by atoms with Crippen molar-refractivity contribution >= 4 is 5.91 Å². The van der Waals surface area contributed by atoms with Gasteiger partial charge >= 0.3 is 0 Å². The second-order valence-corrected chi connectivity index (χ2v) is 4.87. The molecule has 1 heterocycles. The van der Waals surface area contributed by atoms with Crippen LogP contribution in [0, 0.1) is 13.8 Å². The number of aryl methyl sites for hydroxylation is 2. The van der Waals surface area contributed by atoms with Crippen LogP contribution < -0.4 is 16.2 Å². The number of primary amides is 1. The zero-order valence-electron chi connectivity index (χ0n) is 12.2. The summed E-state index contributed by atoms with van der Waals surface area (Å²) in [5.74, 6) is 0.525. The van der Waals surface area contributed by atoms with Crippen LogP contribution in [0.1, 0.15) is 27.3 Å². The summed E-state index contributed by atoms with van der Waals surface area (Å²) < 4.78 is 5.79. The zero-order valence-corrected chi connectivity index (χ0v) is 12.2. The molecule has 1 aromatic carbocycles. The minimum Gasteiger partial charge on any atom is -0.456 e. The van der Waals surface area contributed by atoms with Crippen LogP contribution in [-0.4, -0.2) is 17.4 Å². The lowest BCUT2D eigenvalue weighted by Gasteiger charge is -2.12. The Morgan fingerprint density at radius 3 is 2.48 bits per heavy atom. The first-order chi connectivity index (χ1) is 10.0. The molecule has 1 aromatic heterocycles. The van der Waals surface area contributed by atoms with Gasteiger partial charge in [0.15, 0.2) is 0 Å². The molecule has 0 aliphatic rings. The van der Waals surface area contributed by atoms with Gasteiger partial charge in [0.1, 0.15) is 17.1 Å². The fourth-order valence-corrected chi connectivity index (χ4v) is 2.19. The molecule has 0 spiro atoms. The molecule has 110 valence electrons. The summed E-state index contributed by atoms with van der Waals surface area (Å²) in [6, 6.07) is 9.31. The summed E-state index contributed by atoms with van der Waals surface area (Å²) in [7, 11) is 0. The fourth-order valence-electron chi connectivity index (χ4n) is 2.19. The van der Waals surface area contributed by atoms with Crippen molar-refractivity contribution in [1.82, 2.24) is 4.98 Å². The molecule has 0 aliphatic carbocycles. The number of hydrogen-bond donors (Lipinski definition) is 2. The summed E-state index contributed by atoms with van der Waals surface area (Å²) >= 11 is 0. The van der Waals surface area contributed by atoms with Crippen molar-refractivity contribution in [2.45, 2.75) is 20.3 Å². The molecule has 0 atom stereocenters. The van der Waals surface area contributed by atoms with Gasteiger partial charge < -0.3 is 16.2 Å². The van der Waals surface area contributed by atoms with Crippen LogP contribution in [0.5, 0.6) is 11.5 Å². The maximum Gasteiger partial charge on any atom is 0.254 e. The van der Waals surface area contributed by atoms with Gasteiger partial charge in [0.05, 0.1) is 5.69 Å². The van der Waals surface area contributed by atoms with Crippen LogP contribution in [-0.2, 0) is 6.42 Å². The molecule has 2 rings (SSSR count). The first-order valence-corrected chi connectivity index (χ1v) is 6.76. The quantitative estimate of drug-likeness (QED) is 0.880. The van der Waals surface area contributed by atoms with Crippen LogP contribution in [0.25, 0.3) is 0 Å². The number of ether oxygens (including phenoxy) is 1. The van der Waals surface area contributed by atoms with Gasteiger partial charge in [-0.1, -0.05) is 12.1 Å². The highest BCUT2D eigenvalue weighted by Crippen LogP contribution is 2.27. The predicted octanol–water partition coefficient (Wildman–Crippen LogP) is 2.09. The summed E-state index contributed by atoms with van der Waals surface area (Å²) in [6.45, 7) is 4.19. The van der Waals surface area contributed by atoms with E-state index in [2.05, 4.69) is 4.98 Å². The average Bonchev–Trinajstić information content (AvgIpc) is 2.40. The Balaban J connectivity index is 2.32. The molecule has 0 aliphatic heterocycles. The largest absolute Gasteiger partial charge is 0.456 e. The van der Waals surface area contributed by atoms with Gasteiger partial charge in [-0.25, -0.2) is 0 Å². The molecule has 0 saturated carbocycles. The smallest absolute Gasteiger partial charge is 0.254 e. The van der Waals surface area contributed by atoms with Crippen LogP contribution in [0.4, 0.5) is 0 Å². The number of benzene rings is 1. The van der Waals surface area contributed by atoms with Gasteiger partial charge in [-0.15, -0.1) is 0 Å². The number of aromatic nitrogens is 1. The van der Waals surface area contributed by atoms with E-state index in [0.717, 1.165) is 17.7 Å². The van der Waals surface area contributed by atoms with E-state index in [1.807, 2.05) is 31.2 Å². The Morgan fingerprint density at radius 2 is 1.90 bits per heavy atom. The number of nitrogens with two attached hydrogens (primary N) is 2. The van der Waals surface area contributed by atoms with E-state index in [1.54, 1.807) is 13.0 Å². The number of hydrogen-bond acceptors (Lipinski definition) is 4. The van der Waals surface area contributed by atoms with E-state index in [-0.39, 0.29) is 0 Å². The van der Waals surface area contributed by atoms with Crippen molar-refractivity contribution in [3.63, 3.8) is 0 Å². The molecule has 0 saturated heterocycles. The SMILES string of the molecule is Cc1cc(Oc2ccc(CCN)cc2)c(C(N)=O)c(C)n1. The number of rotatable bonds is 5. The van der Waals surface area contributed by atoms with Crippen molar-refractivity contribution in [3.05, 3.63) is 52.8 Å². The first kappa shape index (κ1) is 15.0. The van der Waals surface area contributed by atoms with Crippen LogP contribution >= 0.6 is 0 Å². The Morgan fingerprint density at radius 1 is 1.24 bits per heavy atom. The van der Waals surface area contributed by atoms with E-state index in [9.17, 15) is 4.79 Å². The number of pyridine rings is 1. The molecule has 0 fully saturated rings.